The van der Waals surface area contributed by atoms with Crippen molar-refractivity contribution in [2.24, 2.45) is 7.05 Å². The maximum Gasteiger partial charge on any atom is 0.262 e. The maximum atomic E-state index is 13.3. The van der Waals surface area contributed by atoms with Crippen LogP contribution < -0.4 is 5.32 Å². The fourth-order valence-electron chi connectivity index (χ4n) is 3.46. The molecule has 1 amide bonds. The van der Waals surface area contributed by atoms with Gasteiger partial charge in [-0.1, -0.05) is 12.1 Å². The molecule has 1 aliphatic heterocycles. The molecule has 0 bridgehead atoms. The second kappa shape index (κ2) is 6.81. The minimum absolute atomic E-state index is 0.0952. The number of halogens is 1. The molecule has 0 spiro atoms. The van der Waals surface area contributed by atoms with Crippen LogP contribution in [0.4, 0.5) is 4.39 Å². The number of nitrogens with one attached hydrogen (secondary N) is 1. The highest BCUT2D eigenvalue weighted by Gasteiger charge is 2.29. The van der Waals surface area contributed by atoms with Crippen LogP contribution >= 0.6 is 11.3 Å². The summed E-state index contributed by atoms with van der Waals surface area (Å²) in [6.07, 6.45) is 1.74. The molecule has 2 atom stereocenters. The van der Waals surface area contributed by atoms with Gasteiger partial charge in [-0.15, -0.1) is 11.3 Å². The molecule has 1 fully saturated rings. The van der Waals surface area contributed by atoms with Gasteiger partial charge in [-0.05, 0) is 43.5 Å². The van der Waals surface area contributed by atoms with Crippen molar-refractivity contribution in [1.29, 1.82) is 0 Å². The van der Waals surface area contributed by atoms with E-state index in [1.54, 1.807) is 16.8 Å². The first-order chi connectivity index (χ1) is 12.5. The maximum absolute atomic E-state index is 13.3. The summed E-state index contributed by atoms with van der Waals surface area (Å²) in [4.78, 5) is 14.5. The number of carbonyl (C=O) groups excluding carboxylic acids is 1. The third kappa shape index (κ3) is 3.12. The number of hydrogen-bond donors (Lipinski definition) is 1. The van der Waals surface area contributed by atoms with E-state index in [9.17, 15) is 9.18 Å². The number of rotatable bonds is 4. The number of carbonyl (C=O) groups is 1. The van der Waals surface area contributed by atoms with Gasteiger partial charge in [-0.25, -0.2) is 4.39 Å². The molecule has 26 heavy (non-hydrogen) atoms. The number of ether oxygens (including phenoxy) is 1. The van der Waals surface area contributed by atoms with E-state index < -0.39 is 0 Å². The van der Waals surface area contributed by atoms with Crippen molar-refractivity contribution in [3.05, 3.63) is 52.3 Å². The molecular weight excluding hydrogens is 353 g/mol. The van der Waals surface area contributed by atoms with Crippen LogP contribution in [0.1, 0.15) is 39.8 Å². The molecule has 1 N–H and O–H groups in total. The Hall–Kier alpha value is -2.25. The Morgan fingerprint density at radius 2 is 2.19 bits per heavy atom. The van der Waals surface area contributed by atoms with Crippen molar-refractivity contribution in [3.8, 4) is 0 Å². The topological polar surface area (TPSA) is 56.2 Å². The highest BCUT2D eigenvalue weighted by atomic mass is 32.1. The monoisotopic (exact) mass is 373 g/mol. The molecule has 4 rings (SSSR count). The van der Waals surface area contributed by atoms with Gasteiger partial charge in [0.15, 0.2) is 0 Å². The van der Waals surface area contributed by atoms with E-state index in [0.717, 1.165) is 34.3 Å². The van der Waals surface area contributed by atoms with Crippen molar-refractivity contribution >= 4 is 27.5 Å². The average molecular weight is 373 g/mol. The first kappa shape index (κ1) is 17.2. The molecular formula is C19H20FN3O2S. The van der Waals surface area contributed by atoms with E-state index in [-0.39, 0.29) is 23.9 Å². The first-order valence-electron chi connectivity index (χ1n) is 8.64. The Morgan fingerprint density at radius 3 is 2.85 bits per heavy atom. The van der Waals surface area contributed by atoms with Crippen LogP contribution in [-0.4, -0.2) is 28.4 Å². The molecule has 1 aromatic carbocycles. The van der Waals surface area contributed by atoms with Crippen LogP contribution in [0.3, 0.4) is 0 Å². The lowest BCUT2D eigenvalue weighted by molar-refractivity contribution is 0.0674. The zero-order chi connectivity index (χ0) is 18.3. The lowest BCUT2D eigenvalue weighted by atomic mass is 9.99. The Kier molecular flexibility index (Phi) is 4.50. The van der Waals surface area contributed by atoms with Crippen molar-refractivity contribution in [2.75, 3.05) is 6.61 Å². The molecule has 7 heteroatoms. The molecule has 2 aromatic heterocycles. The van der Waals surface area contributed by atoms with Gasteiger partial charge >= 0.3 is 0 Å². The number of benzene rings is 1. The number of aromatic nitrogens is 2. The van der Waals surface area contributed by atoms with Gasteiger partial charge in [0.1, 0.15) is 10.6 Å². The first-order valence-corrected chi connectivity index (χ1v) is 9.45. The molecule has 1 saturated heterocycles. The van der Waals surface area contributed by atoms with Crippen molar-refractivity contribution in [2.45, 2.75) is 31.9 Å². The summed E-state index contributed by atoms with van der Waals surface area (Å²) in [7, 11) is 1.88. The fourth-order valence-corrected chi connectivity index (χ4v) is 4.48. The summed E-state index contributed by atoms with van der Waals surface area (Å²) in [6, 6.07) is 7.84. The Balaban J connectivity index is 1.62. The normalized spacial score (nSPS) is 18.3. The average Bonchev–Trinajstić information content (AvgIpc) is 3.34. The fraction of sp³-hybridized carbons (Fsp3) is 0.368. The van der Waals surface area contributed by atoms with E-state index in [1.807, 2.05) is 20.0 Å². The van der Waals surface area contributed by atoms with Crippen LogP contribution in [-0.2, 0) is 11.8 Å². The summed E-state index contributed by atoms with van der Waals surface area (Å²) in [5, 5.41) is 8.46. The van der Waals surface area contributed by atoms with Gasteiger partial charge in [-0.3, -0.25) is 9.48 Å². The van der Waals surface area contributed by atoms with Crippen LogP contribution in [0, 0.1) is 12.7 Å². The summed E-state index contributed by atoms with van der Waals surface area (Å²) < 4.78 is 20.9. The van der Waals surface area contributed by atoms with Crippen molar-refractivity contribution < 1.29 is 13.9 Å². The lowest BCUT2D eigenvalue weighted by Crippen LogP contribution is -2.35. The highest BCUT2D eigenvalue weighted by molar-refractivity contribution is 7.20. The van der Waals surface area contributed by atoms with Crippen molar-refractivity contribution in [1.82, 2.24) is 15.1 Å². The molecule has 3 heterocycles. The smallest absolute Gasteiger partial charge is 0.262 e. The van der Waals surface area contributed by atoms with Crippen molar-refractivity contribution in [3.63, 3.8) is 0 Å². The Bertz CT molecular complexity index is 907. The van der Waals surface area contributed by atoms with Gasteiger partial charge in [0.25, 0.3) is 5.91 Å². The number of aryl methyl sites for hydroxylation is 2. The number of fused-ring (bicyclic) bond motifs is 1. The van der Waals surface area contributed by atoms with E-state index in [4.69, 9.17) is 4.74 Å². The molecule has 0 aliphatic carbocycles. The second-order valence-electron chi connectivity index (χ2n) is 6.59. The quantitative estimate of drug-likeness (QED) is 0.758. The largest absolute Gasteiger partial charge is 0.376 e. The number of thiophene rings is 1. The number of hydrogen-bond acceptors (Lipinski definition) is 4. The molecule has 0 radical (unpaired) electrons. The van der Waals surface area contributed by atoms with Gasteiger partial charge in [0.05, 0.1) is 22.7 Å². The molecule has 0 saturated carbocycles. The highest BCUT2D eigenvalue weighted by Crippen LogP contribution is 2.30. The van der Waals surface area contributed by atoms with Gasteiger partial charge < -0.3 is 10.1 Å². The van der Waals surface area contributed by atoms with E-state index in [0.29, 0.717) is 11.5 Å². The van der Waals surface area contributed by atoms with Gasteiger partial charge in [0.2, 0.25) is 0 Å². The van der Waals surface area contributed by atoms with Gasteiger partial charge in [-0.2, -0.15) is 5.10 Å². The number of nitrogens with zero attached hydrogens (tertiary/aromatic N) is 2. The Labute approximate surface area is 154 Å². The minimum atomic E-state index is -0.296. The predicted octanol–water partition coefficient (Wildman–Crippen LogP) is 3.73. The minimum Gasteiger partial charge on any atom is -0.376 e. The van der Waals surface area contributed by atoms with Crippen LogP contribution in [0.5, 0.6) is 0 Å². The van der Waals surface area contributed by atoms with Crippen LogP contribution in [0.2, 0.25) is 0 Å². The molecule has 136 valence electrons. The summed E-state index contributed by atoms with van der Waals surface area (Å²) >= 11 is 1.42. The zero-order valence-corrected chi connectivity index (χ0v) is 15.5. The third-order valence-corrected chi connectivity index (χ3v) is 5.97. The summed E-state index contributed by atoms with van der Waals surface area (Å²) in [5.74, 6) is -0.436. The standard InChI is InChI=1S/C19H20FN3O2S/c1-11-14-10-16(26-19(14)23(2)22-11)18(24)21-17(15-4-3-9-25-15)12-5-7-13(20)8-6-12/h5-8,10,15,17H,3-4,9H2,1-2H3,(H,21,24)/t15-,17+/m1/s1. The lowest BCUT2D eigenvalue weighted by Gasteiger charge is -2.24. The second-order valence-corrected chi connectivity index (χ2v) is 7.62. The molecule has 0 unspecified atom stereocenters. The van der Waals surface area contributed by atoms with E-state index in [1.165, 1.54) is 23.5 Å². The number of amides is 1. The van der Waals surface area contributed by atoms with E-state index in [2.05, 4.69) is 10.4 Å². The summed E-state index contributed by atoms with van der Waals surface area (Å²) in [6.45, 7) is 2.62. The van der Waals surface area contributed by atoms with Crippen LogP contribution in [0.15, 0.2) is 30.3 Å². The SMILES string of the molecule is Cc1nn(C)c2sc(C(=O)N[C@@H](c3ccc(F)cc3)[C@H]3CCCO3)cc12. The van der Waals surface area contributed by atoms with Crippen LogP contribution in [0.25, 0.3) is 10.2 Å². The predicted molar refractivity (Wildman–Crippen MR) is 98.9 cm³/mol. The molecule has 1 aliphatic rings. The molecule has 3 aromatic rings. The van der Waals surface area contributed by atoms with E-state index >= 15 is 0 Å². The summed E-state index contributed by atoms with van der Waals surface area (Å²) in [5.41, 5.74) is 1.76. The Morgan fingerprint density at radius 1 is 1.42 bits per heavy atom. The van der Waals surface area contributed by atoms with Gasteiger partial charge in [0, 0.05) is 19.0 Å². The zero-order valence-electron chi connectivity index (χ0n) is 14.7. The molecule has 5 nitrogen and oxygen atoms in total. The third-order valence-electron chi connectivity index (χ3n) is 4.77.